The highest BCUT2D eigenvalue weighted by Gasteiger charge is 2.29. The Morgan fingerprint density at radius 3 is 2.54 bits per heavy atom. The smallest absolute Gasteiger partial charge is 0.408 e. The molecule has 1 aliphatic rings. The Hall–Kier alpha value is -3.50. The third-order valence-corrected chi connectivity index (χ3v) is 5.93. The van der Waals surface area contributed by atoms with Crippen molar-refractivity contribution >= 4 is 35.3 Å². The lowest BCUT2D eigenvalue weighted by molar-refractivity contribution is -0.140. The number of carbonyl (C=O) groups excluding carboxylic acids is 4. The molecule has 1 saturated heterocycles. The number of nitrogen functional groups attached to an aromatic ring is 1. The number of esters is 1. The first-order chi connectivity index (χ1) is 17.4. The second-order valence-electron chi connectivity index (χ2n) is 10.2. The molecule has 1 aliphatic heterocycles. The van der Waals surface area contributed by atoms with Crippen molar-refractivity contribution in [3.05, 3.63) is 23.8 Å². The number of benzene rings is 1. The van der Waals surface area contributed by atoms with Gasteiger partial charge in [0.2, 0.25) is 11.8 Å². The lowest BCUT2D eigenvalue weighted by atomic mass is 10.1. The second-order valence-corrected chi connectivity index (χ2v) is 10.2. The number of aryl methyl sites for hydroxylation is 1. The van der Waals surface area contributed by atoms with E-state index in [1.807, 2.05) is 18.2 Å². The monoisotopic (exact) mass is 519 g/mol. The van der Waals surface area contributed by atoms with Gasteiger partial charge in [-0.15, -0.1) is 0 Å². The molecule has 0 saturated carbocycles. The molecular formula is C26H41N5O6. The zero-order valence-corrected chi connectivity index (χ0v) is 22.5. The summed E-state index contributed by atoms with van der Waals surface area (Å²) in [5, 5.41) is 8.89. The summed E-state index contributed by atoms with van der Waals surface area (Å²) in [4.78, 5) is 50.0. The molecule has 37 heavy (non-hydrogen) atoms. The Morgan fingerprint density at radius 1 is 1.22 bits per heavy atom. The van der Waals surface area contributed by atoms with Crippen LogP contribution in [0.3, 0.4) is 0 Å². The van der Waals surface area contributed by atoms with Gasteiger partial charge in [0, 0.05) is 39.0 Å². The molecule has 2 rings (SSSR count). The quantitative estimate of drug-likeness (QED) is 0.197. The number of carbonyl (C=O) groups is 4. The predicted octanol–water partition coefficient (Wildman–Crippen LogP) is 2.20. The molecule has 3 amide bonds. The van der Waals surface area contributed by atoms with Gasteiger partial charge in [0.15, 0.2) is 0 Å². The molecule has 1 aromatic carbocycles. The largest absolute Gasteiger partial charge is 0.469 e. The Kier molecular flexibility index (Phi) is 11.0. The van der Waals surface area contributed by atoms with E-state index in [4.69, 9.17) is 10.5 Å². The summed E-state index contributed by atoms with van der Waals surface area (Å²) < 4.78 is 10.0. The average Bonchev–Trinajstić information content (AvgIpc) is 3.28. The molecule has 0 aromatic heterocycles. The number of alkyl carbamates (subject to hydrolysis) is 1. The lowest BCUT2D eigenvalue weighted by Gasteiger charge is -2.24. The molecule has 206 valence electrons. The van der Waals surface area contributed by atoms with Crippen LogP contribution in [0.4, 0.5) is 16.2 Å². The molecule has 1 aromatic rings. The van der Waals surface area contributed by atoms with Crippen LogP contribution >= 0.6 is 0 Å². The molecule has 0 unspecified atom stereocenters. The summed E-state index contributed by atoms with van der Waals surface area (Å²) in [6.45, 7) is 8.34. The van der Waals surface area contributed by atoms with E-state index in [2.05, 4.69) is 20.7 Å². The number of ether oxygens (including phenoxy) is 2. The zero-order chi connectivity index (χ0) is 27.6. The Balaban J connectivity index is 1.91. The number of hydrogen-bond acceptors (Lipinski definition) is 8. The number of hydrogen-bond donors (Lipinski definition) is 4. The van der Waals surface area contributed by atoms with Crippen molar-refractivity contribution in [1.82, 2.24) is 15.5 Å². The van der Waals surface area contributed by atoms with Gasteiger partial charge in [0.25, 0.3) is 0 Å². The summed E-state index contributed by atoms with van der Waals surface area (Å²) in [5.74, 6) is -0.610. The van der Waals surface area contributed by atoms with E-state index in [-0.39, 0.29) is 30.2 Å². The van der Waals surface area contributed by atoms with E-state index < -0.39 is 17.7 Å². The number of nitrogens with zero attached hydrogens (tertiary/aromatic N) is 1. The fraction of sp³-hybridized carbons (Fsp3) is 0.615. The Bertz CT molecular complexity index is 961. The first kappa shape index (κ1) is 29.7. The molecule has 11 heteroatoms. The van der Waals surface area contributed by atoms with Crippen molar-refractivity contribution in [3.63, 3.8) is 0 Å². The van der Waals surface area contributed by atoms with Crippen LogP contribution in [0.1, 0.15) is 58.9 Å². The fourth-order valence-corrected chi connectivity index (χ4v) is 3.99. The normalized spacial score (nSPS) is 16.0. The number of rotatable bonds is 11. The standard InChI is InChI=1S/C26H41N5O6/c1-17(32)31-14-12-19(16-31)29-24(34)22(30-25(35)37-26(2,3)4)7-6-13-28-21-10-8-18(15-20(21)27)9-11-23(33)36-5/h8,10,15,19,22,28H,6-7,9,11-14,16,27H2,1-5H3,(H,29,34)(H,30,35)/t19-,22+/m1/s1. The first-order valence-corrected chi connectivity index (χ1v) is 12.6. The number of nitrogens with one attached hydrogen (secondary N) is 3. The van der Waals surface area contributed by atoms with Crippen LogP contribution in [0.2, 0.25) is 0 Å². The first-order valence-electron chi connectivity index (χ1n) is 12.6. The molecule has 0 bridgehead atoms. The Morgan fingerprint density at radius 2 is 1.95 bits per heavy atom. The van der Waals surface area contributed by atoms with Crippen LogP contribution in [0.25, 0.3) is 0 Å². The Labute approximate surface area is 218 Å². The molecule has 1 fully saturated rings. The van der Waals surface area contributed by atoms with Crippen molar-refractivity contribution in [1.29, 1.82) is 0 Å². The third-order valence-electron chi connectivity index (χ3n) is 5.93. The van der Waals surface area contributed by atoms with Gasteiger partial charge in [0.1, 0.15) is 11.6 Å². The number of methoxy groups -OCH3 is 1. The summed E-state index contributed by atoms with van der Waals surface area (Å²) in [7, 11) is 1.36. The van der Waals surface area contributed by atoms with E-state index in [9.17, 15) is 19.2 Å². The summed E-state index contributed by atoms with van der Waals surface area (Å²) in [6.07, 6.45) is 1.77. The molecular weight excluding hydrogens is 478 g/mol. The SMILES string of the molecule is COC(=O)CCc1ccc(NCCC[C@H](NC(=O)OC(C)(C)C)C(=O)N[C@@H]2CCN(C(C)=O)C2)c(N)c1. The van der Waals surface area contributed by atoms with Gasteiger partial charge in [-0.05, 0) is 64.2 Å². The fourth-order valence-electron chi connectivity index (χ4n) is 3.99. The van der Waals surface area contributed by atoms with Gasteiger partial charge in [-0.1, -0.05) is 6.07 Å². The molecule has 0 radical (unpaired) electrons. The lowest BCUT2D eigenvalue weighted by Crippen LogP contribution is -2.51. The van der Waals surface area contributed by atoms with E-state index in [1.54, 1.807) is 25.7 Å². The predicted molar refractivity (Wildman–Crippen MR) is 141 cm³/mol. The van der Waals surface area contributed by atoms with E-state index in [1.165, 1.54) is 14.0 Å². The maximum atomic E-state index is 13.0. The van der Waals surface area contributed by atoms with Crippen molar-refractivity contribution in [2.45, 2.75) is 77.5 Å². The second kappa shape index (κ2) is 13.7. The van der Waals surface area contributed by atoms with Gasteiger partial charge < -0.3 is 36.1 Å². The van der Waals surface area contributed by atoms with Crippen LogP contribution in [-0.2, 0) is 30.3 Å². The van der Waals surface area contributed by atoms with E-state index in [0.717, 1.165) is 11.3 Å². The summed E-state index contributed by atoms with van der Waals surface area (Å²) in [5.41, 5.74) is 7.70. The number of amides is 3. The average molecular weight is 520 g/mol. The van der Waals surface area contributed by atoms with Crippen LogP contribution in [0, 0.1) is 0 Å². The molecule has 11 nitrogen and oxygen atoms in total. The minimum atomic E-state index is -0.791. The van der Waals surface area contributed by atoms with E-state index >= 15 is 0 Å². The van der Waals surface area contributed by atoms with Crippen molar-refractivity contribution in [2.75, 3.05) is 37.8 Å². The van der Waals surface area contributed by atoms with Gasteiger partial charge in [-0.3, -0.25) is 14.4 Å². The highest BCUT2D eigenvalue weighted by Crippen LogP contribution is 2.21. The van der Waals surface area contributed by atoms with E-state index in [0.29, 0.717) is 51.0 Å². The number of anilines is 2. The minimum Gasteiger partial charge on any atom is -0.469 e. The van der Waals surface area contributed by atoms with Gasteiger partial charge >= 0.3 is 12.1 Å². The van der Waals surface area contributed by atoms with Crippen LogP contribution in [0.15, 0.2) is 18.2 Å². The third kappa shape index (κ3) is 10.6. The topological polar surface area (TPSA) is 152 Å². The van der Waals surface area contributed by atoms with Crippen molar-refractivity contribution in [3.8, 4) is 0 Å². The van der Waals surface area contributed by atoms with Crippen LogP contribution < -0.4 is 21.7 Å². The summed E-state index contributed by atoms with van der Waals surface area (Å²) in [6, 6.07) is 4.62. The minimum absolute atomic E-state index is 0.0259. The van der Waals surface area contributed by atoms with Gasteiger partial charge in [-0.2, -0.15) is 0 Å². The maximum absolute atomic E-state index is 13.0. The maximum Gasteiger partial charge on any atom is 0.408 e. The zero-order valence-electron chi connectivity index (χ0n) is 22.5. The molecule has 1 heterocycles. The highest BCUT2D eigenvalue weighted by atomic mass is 16.6. The van der Waals surface area contributed by atoms with Gasteiger partial charge in [-0.25, -0.2) is 4.79 Å². The number of likely N-dealkylation sites (tertiary alicyclic amines) is 1. The molecule has 0 aliphatic carbocycles. The summed E-state index contributed by atoms with van der Waals surface area (Å²) >= 11 is 0. The molecule has 2 atom stereocenters. The highest BCUT2D eigenvalue weighted by molar-refractivity contribution is 5.86. The molecule has 5 N–H and O–H groups in total. The van der Waals surface area contributed by atoms with Crippen LogP contribution in [0.5, 0.6) is 0 Å². The molecule has 0 spiro atoms. The van der Waals surface area contributed by atoms with Crippen molar-refractivity contribution < 1.29 is 28.7 Å². The van der Waals surface area contributed by atoms with Gasteiger partial charge in [0.05, 0.1) is 18.5 Å². The van der Waals surface area contributed by atoms with Crippen molar-refractivity contribution in [2.24, 2.45) is 0 Å². The number of nitrogens with two attached hydrogens (primary N) is 1. The van der Waals surface area contributed by atoms with Crippen LogP contribution in [-0.4, -0.2) is 73.2 Å².